The van der Waals surface area contributed by atoms with E-state index in [0.717, 1.165) is 33.6 Å². The average molecular weight is 346 g/mol. The molecule has 2 heterocycles. The summed E-state index contributed by atoms with van der Waals surface area (Å²) in [7, 11) is 1.64. The second kappa shape index (κ2) is 6.44. The fourth-order valence-electron chi connectivity index (χ4n) is 2.73. The fourth-order valence-corrected chi connectivity index (χ4v) is 2.73. The molecule has 0 amide bonds. The second-order valence-corrected chi connectivity index (χ2v) is 6.02. The summed E-state index contributed by atoms with van der Waals surface area (Å²) >= 11 is 0. The molecule has 7 nitrogen and oxygen atoms in total. The van der Waals surface area contributed by atoms with Crippen molar-refractivity contribution >= 4 is 22.7 Å². The highest BCUT2D eigenvalue weighted by atomic mass is 16.5. The van der Waals surface area contributed by atoms with E-state index in [0.29, 0.717) is 17.6 Å². The normalized spacial score (nSPS) is 10.9. The molecular weight excluding hydrogens is 328 g/mol. The molecule has 2 aromatic carbocycles. The summed E-state index contributed by atoms with van der Waals surface area (Å²) in [5.41, 5.74) is 2.86. The Bertz CT molecular complexity index is 1090. The lowest BCUT2D eigenvalue weighted by molar-refractivity contribution is 0.415. The van der Waals surface area contributed by atoms with Crippen LogP contribution in [0.5, 0.6) is 5.75 Å². The first-order valence-electron chi connectivity index (χ1n) is 8.21. The minimum Gasteiger partial charge on any atom is -0.497 e. The zero-order valence-corrected chi connectivity index (χ0v) is 14.7. The number of nitrogens with one attached hydrogen (secondary N) is 2. The van der Waals surface area contributed by atoms with Crippen molar-refractivity contribution in [2.45, 2.75) is 13.8 Å². The van der Waals surface area contributed by atoms with Crippen LogP contribution >= 0.6 is 0 Å². The number of anilines is 2. The third kappa shape index (κ3) is 3.06. The van der Waals surface area contributed by atoms with Gasteiger partial charge in [-0.2, -0.15) is 4.98 Å². The summed E-state index contributed by atoms with van der Waals surface area (Å²) < 4.78 is 5.32. The zero-order chi connectivity index (χ0) is 18.1. The van der Waals surface area contributed by atoms with E-state index in [-0.39, 0.29) is 0 Å². The van der Waals surface area contributed by atoms with Gasteiger partial charge in [-0.1, -0.05) is 18.2 Å². The van der Waals surface area contributed by atoms with E-state index in [2.05, 4.69) is 20.5 Å². The molecule has 2 aromatic heterocycles. The van der Waals surface area contributed by atoms with Gasteiger partial charge in [-0.3, -0.25) is 5.10 Å². The van der Waals surface area contributed by atoms with Crippen LogP contribution in [-0.4, -0.2) is 32.3 Å². The minimum absolute atomic E-state index is 0.472. The number of aromatic amines is 1. The fraction of sp³-hybridized carbons (Fsp3) is 0.158. The summed E-state index contributed by atoms with van der Waals surface area (Å²) in [5.74, 6) is 3.23. The van der Waals surface area contributed by atoms with Crippen molar-refractivity contribution in [1.82, 2.24) is 25.1 Å². The van der Waals surface area contributed by atoms with Crippen LogP contribution < -0.4 is 10.1 Å². The van der Waals surface area contributed by atoms with Gasteiger partial charge in [0, 0.05) is 10.9 Å². The van der Waals surface area contributed by atoms with E-state index in [1.54, 1.807) is 7.11 Å². The van der Waals surface area contributed by atoms with Crippen LogP contribution in [0.25, 0.3) is 22.3 Å². The van der Waals surface area contributed by atoms with Crippen LogP contribution in [0.3, 0.4) is 0 Å². The SMILES string of the molecule is COc1cccc(-c2nc(Nc3n[nH]c(C)n3)c3ccc(C)cc3n2)c1. The van der Waals surface area contributed by atoms with Crippen molar-refractivity contribution < 1.29 is 4.74 Å². The van der Waals surface area contributed by atoms with Crippen LogP contribution in [0.4, 0.5) is 11.8 Å². The van der Waals surface area contributed by atoms with Crippen LogP contribution in [0.1, 0.15) is 11.4 Å². The first-order chi connectivity index (χ1) is 12.6. The molecule has 4 rings (SSSR count). The summed E-state index contributed by atoms with van der Waals surface area (Å²) in [5, 5.41) is 11.1. The highest BCUT2D eigenvalue weighted by Gasteiger charge is 2.12. The molecule has 0 saturated heterocycles. The number of nitrogens with zero attached hydrogens (tertiary/aromatic N) is 4. The monoisotopic (exact) mass is 346 g/mol. The molecule has 0 bridgehead atoms. The van der Waals surface area contributed by atoms with Crippen LogP contribution in [0, 0.1) is 13.8 Å². The topological polar surface area (TPSA) is 88.6 Å². The Kier molecular flexibility index (Phi) is 3.96. The van der Waals surface area contributed by atoms with E-state index in [9.17, 15) is 0 Å². The van der Waals surface area contributed by atoms with Crippen LogP contribution in [-0.2, 0) is 0 Å². The van der Waals surface area contributed by atoms with E-state index in [1.807, 2.05) is 56.3 Å². The number of benzene rings is 2. The van der Waals surface area contributed by atoms with E-state index in [1.165, 1.54) is 0 Å². The Labute approximate surface area is 150 Å². The first kappa shape index (κ1) is 16.0. The smallest absolute Gasteiger partial charge is 0.247 e. The van der Waals surface area contributed by atoms with Crippen molar-refractivity contribution in [3.63, 3.8) is 0 Å². The van der Waals surface area contributed by atoms with Gasteiger partial charge in [0.25, 0.3) is 0 Å². The standard InChI is InChI=1S/C19H18N6O/c1-11-7-8-15-16(9-11)21-17(13-5-4-6-14(10-13)26-3)22-18(15)23-19-20-12(2)24-25-19/h4-10H,1-3H3,(H2,20,21,22,23,24,25). The Balaban J connectivity index is 1.88. The highest BCUT2D eigenvalue weighted by Crippen LogP contribution is 2.28. The Morgan fingerprint density at radius 2 is 1.88 bits per heavy atom. The molecule has 0 atom stereocenters. The largest absolute Gasteiger partial charge is 0.497 e. The first-order valence-corrected chi connectivity index (χ1v) is 8.21. The van der Waals surface area contributed by atoms with Crippen molar-refractivity contribution in [2.24, 2.45) is 0 Å². The molecule has 2 N–H and O–H groups in total. The lowest BCUT2D eigenvalue weighted by atomic mass is 10.1. The van der Waals surface area contributed by atoms with Crippen molar-refractivity contribution in [3.8, 4) is 17.1 Å². The zero-order valence-electron chi connectivity index (χ0n) is 14.7. The predicted molar refractivity (Wildman–Crippen MR) is 101 cm³/mol. The summed E-state index contributed by atoms with van der Waals surface area (Å²) in [6.45, 7) is 3.89. The van der Waals surface area contributed by atoms with E-state index >= 15 is 0 Å². The number of ether oxygens (including phenoxy) is 1. The third-order valence-corrected chi connectivity index (χ3v) is 4.01. The van der Waals surface area contributed by atoms with Crippen LogP contribution in [0.15, 0.2) is 42.5 Å². The Morgan fingerprint density at radius 1 is 1.00 bits per heavy atom. The summed E-state index contributed by atoms with van der Waals surface area (Å²) in [4.78, 5) is 13.7. The number of rotatable bonds is 4. The van der Waals surface area contributed by atoms with E-state index in [4.69, 9.17) is 14.7 Å². The molecule has 0 aliphatic heterocycles. The molecule has 7 heteroatoms. The number of methoxy groups -OCH3 is 1. The van der Waals surface area contributed by atoms with Gasteiger partial charge in [0.1, 0.15) is 17.4 Å². The number of hydrogen-bond donors (Lipinski definition) is 2. The minimum atomic E-state index is 0.472. The number of H-pyrrole nitrogens is 1. The van der Waals surface area contributed by atoms with Gasteiger partial charge in [0.15, 0.2) is 5.82 Å². The van der Waals surface area contributed by atoms with Gasteiger partial charge in [-0.05, 0) is 43.7 Å². The predicted octanol–water partition coefficient (Wildman–Crippen LogP) is 3.78. The number of hydrogen-bond acceptors (Lipinski definition) is 6. The molecule has 0 aliphatic rings. The average Bonchev–Trinajstić information content (AvgIpc) is 3.06. The lowest BCUT2D eigenvalue weighted by Gasteiger charge is -2.10. The number of aromatic nitrogens is 5. The molecule has 0 saturated carbocycles. The molecule has 0 spiro atoms. The lowest BCUT2D eigenvalue weighted by Crippen LogP contribution is -2.01. The van der Waals surface area contributed by atoms with Gasteiger partial charge in [-0.15, -0.1) is 5.10 Å². The molecule has 26 heavy (non-hydrogen) atoms. The Hall–Kier alpha value is -3.48. The Morgan fingerprint density at radius 3 is 2.65 bits per heavy atom. The van der Waals surface area contributed by atoms with Gasteiger partial charge in [0.05, 0.1) is 12.6 Å². The second-order valence-electron chi connectivity index (χ2n) is 6.02. The molecule has 4 aromatic rings. The molecule has 130 valence electrons. The highest BCUT2D eigenvalue weighted by molar-refractivity contribution is 5.92. The maximum absolute atomic E-state index is 5.32. The molecular formula is C19H18N6O. The van der Waals surface area contributed by atoms with Crippen molar-refractivity contribution in [2.75, 3.05) is 12.4 Å². The maximum Gasteiger partial charge on any atom is 0.247 e. The molecule has 0 fully saturated rings. The summed E-state index contributed by atoms with van der Waals surface area (Å²) in [6.07, 6.45) is 0. The quantitative estimate of drug-likeness (QED) is 0.584. The van der Waals surface area contributed by atoms with Gasteiger partial charge in [0.2, 0.25) is 5.95 Å². The van der Waals surface area contributed by atoms with Crippen molar-refractivity contribution in [1.29, 1.82) is 0 Å². The number of fused-ring (bicyclic) bond motifs is 1. The molecule has 0 unspecified atom stereocenters. The van der Waals surface area contributed by atoms with E-state index < -0.39 is 0 Å². The maximum atomic E-state index is 5.32. The molecule has 0 radical (unpaired) electrons. The molecule has 0 aliphatic carbocycles. The third-order valence-electron chi connectivity index (χ3n) is 4.01. The summed E-state index contributed by atoms with van der Waals surface area (Å²) in [6, 6.07) is 13.8. The number of aryl methyl sites for hydroxylation is 2. The van der Waals surface area contributed by atoms with Gasteiger partial charge < -0.3 is 10.1 Å². The van der Waals surface area contributed by atoms with Gasteiger partial charge in [-0.25, -0.2) is 9.97 Å². The van der Waals surface area contributed by atoms with Gasteiger partial charge >= 0.3 is 0 Å². The van der Waals surface area contributed by atoms with Crippen molar-refractivity contribution in [3.05, 3.63) is 53.9 Å². The van der Waals surface area contributed by atoms with Crippen LogP contribution in [0.2, 0.25) is 0 Å².